The van der Waals surface area contributed by atoms with E-state index in [1.54, 1.807) is 0 Å². The zero-order valence-corrected chi connectivity index (χ0v) is 17.6. The standard InChI is InChI=1S/C25H30N2O2/c1-4-5-8-16-29-20-11-9-10-19(17-20)14-15-25-24(2,3)21-12-6-7-13-22(21)27(25)18-23(28)26-25/h6-7,9-15,17H,4-5,8,16,18H2,1-3H3,(H,26,28)/t25-/m1/s1. The summed E-state index contributed by atoms with van der Waals surface area (Å²) >= 11 is 0. The van der Waals surface area contributed by atoms with E-state index in [-0.39, 0.29) is 11.3 Å². The number of anilines is 1. The fraction of sp³-hybridized carbons (Fsp3) is 0.400. The van der Waals surface area contributed by atoms with Crippen molar-refractivity contribution in [3.63, 3.8) is 0 Å². The Morgan fingerprint density at radius 3 is 2.79 bits per heavy atom. The first-order chi connectivity index (χ1) is 14.0. The van der Waals surface area contributed by atoms with Gasteiger partial charge in [0.2, 0.25) is 5.91 Å². The van der Waals surface area contributed by atoms with Crippen molar-refractivity contribution >= 4 is 17.7 Å². The summed E-state index contributed by atoms with van der Waals surface area (Å²) in [7, 11) is 0. The van der Waals surface area contributed by atoms with E-state index in [2.05, 4.69) is 73.5 Å². The number of unbranched alkanes of at least 4 members (excludes halogenated alkanes) is 2. The molecule has 0 saturated carbocycles. The summed E-state index contributed by atoms with van der Waals surface area (Å²) < 4.78 is 5.90. The molecule has 1 fully saturated rings. The summed E-state index contributed by atoms with van der Waals surface area (Å²) in [6.07, 6.45) is 7.70. The largest absolute Gasteiger partial charge is 0.494 e. The molecular weight excluding hydrogens is 360 g/mol. The highest BCUT2D eigenvalue weighted by molar-refractivity contribution is 5.91. The third-order valence-corrected chi connectivity index (χ3v) is 6.27. The first kappa shape index (κ1) is 19.6. The summed E-state index contributed by atoms with van der Waals surface area (Å²) in [5.41, 5.74) is 2.65. The number of amides is 1. The molecule has 1 atom stereocenters. The molecule has 2 aromatic carbocycles. The van der Waals surface area contributed by atoms with E-state index in [1.807, 2.05) is 18.2 Å². The number of benzene rings is 2. The minimum atomic E-state index is -0.564. The van der Waals surface area contributed by atoms with Gasteiger partial charge in [-0.3, -0.25) is 4.79 Å². The van der Waals surface area contributed by atoms with E-state index in [0.29, 0.717) is 6.54 Å². The number of hydrogen-bond donors (Lipinski definition) is 1. The molecule has 29 heavy (non-hydrogen) atoms. The zero-order valence-electron chi connectivity index (χ0n) is 17.6. The fourth-order valence-corrected chi connectivity index (χ4v) is 4.61. The number of hydrogen-bond acceptors (Lipinski definition) is 3. The van der Waals surface area contributed by atoms with E-state index < -0.39 is 5.66 Å². The maximum absolute atomic E-state index is 12.4. The lowest BCUT2D eigenvalue weighted by molar-refractivity contribution is -0.118. The highest BCUT2D eigenvalue weighted by atomic mass is 16.5. The van der Waals surface area contributed by atoms with Crippen molar-refractivity contribution in [2.75, 3.05) is 18.1 Å². The van der Waals surface area contributed by atoms with Crippen molar-refractivity contribution in [2.45, 2.75) is 51.1 Å². The first-order valence-corrected chi connectivity index (χ1v) is 10.6. The van der Waals surface area contributed by atoms with Crippen LogP contribution in [0.2, 0.25) is 0 Å². The van der Waals surface area contributed by atoms with Crippen LogP contribution in [0, 0.1) is 0 Å². The minimum Gasteiger partial charge on any atom is -0.494 e. The molecule has 2 aromatic rings. The maximum atomic E-state index is 12.4. The summed E-state index contributed by atoms with van der Waals surface area (Å²) in [5.74, 6) is 0.951. The molecule has 4 heteroatoms. The predicted molar refractivity (Wildman–Crippen MR) is 118 cm³/mol. The van der Waals surface area contributed by atoms with Crippen LogP contribution in [0.15, 0.2) is 54.6 Å². The molecule has 0 radical (unpaired) electrons. The van der Waals surface area contributed by atoms with Gasteiger partial charge in [0.1, 0.15) is 11.4 Å². The van der Waals surface area contributed by atoms with Gasteiger partial charge >= 0.3 is 0 Å². The van der Waals surface area contributed by atoms with Crippen LogP contribution >= 0.6 is 0 Å². The van der Waals surface area contributed by atoms with E-state index in [0.717, 1.165) is 30.0 Å². The van der Waals surface area contributed by atoms with Crippen LogP contribution in [-0.2, 0) is 10.2 Å². The van der Waals surface area contributed by atoms with Gasteiger partial charge in [0.05, 0.1) is 13.2 Å². The van der Waals surface area contributed by atoms with Gasteiger partial charge in [0.15, 0.2) is 0 Å². The van der Waals surface area contributed by atoms with Crippen molar-refractivity contribution in [1.82, 2.24) is 5.32 Å². The van der Waals surface area contributed by atoms with Gasteiger partial charge < -0.3 is 15.0 Å². The van der Waals surface area contributed by atoms with Crippen LogP contribution in [0.1, 0.15) is 51.2 Å². The lowest BCUT2D eigenvalue weighted by Crippen LogP contribution is -2.58. The average molecular weight is 391 g/mol. The molecule has 2 aliphatic rings. The van der Waals surface area contributed by atoms with Crippen LogP contribution in [0.3, 0.4) is 0 Å². The quantitative estimate of drug-likeness (QED) is 0.684. The molecular formula is C25H30N2O2. The summed E-state index contributed by atoms with van der Waals surface area (Å²) in [5, 5.41) is 3.27. The third-order valence-electron chi connectivity index (χ3n) is 6.27. The van der Waals surface area contributed by atoms with Gasteiger partial charge in [0.25, 0.3) is 0 Å². The first-order valence-electron chi connectivity index (χ1n) is 10.6. The second-order valence-electron chi connectivity index (χ2n) is 8.50. The Hall–Kier alpha value is -2.75. The van der Waals surface area contributed by atoms with Gasteiger partial charge in [-0.15, -0.1) is 0 Å². The van der Waals surface area contributed by atoms with Crippen molar-refractivity contribution in [3.05, 3.63) is 65.7 Å². The van der Waals surface area contributed by atoms with Crippen molar-refractivity contribution in [1.29, 1.82) is 0 Å². The second-order valence-corrected chi connectivity index (χ2v) is 8.50. The number of nitrogens with one attached hydrogen (secondary N) is 1. The summed E-state index contributed by atoms with van der Waals surface area (Å²) in [6, 6.07) is 16.5. The van der Waals surface area contributed by atoms with Gasteiger partial charge in [0, 0.05) is 11.1 Å². The molecule has 0 bridgehead atoms. The maximum Gasteiger partial charge on any atom is 0.241 e. The van der Waals surface area contributed by atoms with E-state index in [4.69, 9.17) is 4.74 Å². The Labute approximate surface area is 173 Å². The molecule has 0 spiro atoms. The molecule has 4 nitrogen and oxygen atoms in total. The number of carbonyl (C=O) groups is 1. The molecule has 0 unspecified atom stereocenters. The molecule has 2 aliphatic heterocycles. The predicted octanol–water partition coefficient (Wildman–Crippen LogP) is 4.89. The lowest BCUT2D eigenvalue weighted by Gasteiger charge is -2.40. The van der Waals surface area contributed by atoms with Crippen molar-refractivity contribution in [3.8, 4) is 5.75 Å². The van der Waals surface area contributed by atoms with Gasteiger partial charge in [-0.25, -0.2) is 0 Å². The highest BCUT2D eigenvalue weighted by Gasteiger charge is 2.59. The number of para-hydroxylation sites is 1. The topological polar surface area (TPSA) is 41.6 Å². The van der Waals surface area contributed by atoms with E-state index >= 15 is 0 Å². The number of nitrogens with zero attached hydrogens (tertiary/aromatic N) is 1. The number of rotatable bonds is 7. The summed E-state index contributed by atoms with van der Waals surface area (Å²) in [6.45, 7) is 7.73. The van der Waals surface area contributed by atoms with Crippen LogP contribution < -0.4 is 15.0 Å². The lowest BCUT2D eigenvalue weighted by atomic mass is 9.75. The Kier molecular flexibility index (Phi) is 5.12. The van der Waals surface area contributed by atoms with Gasteiger partial charge in [-0.05, 0) is 41.8 Å². The Balaban J connectivity index is 1.61. The molecule has 2 heterocycles. The molecule has 1 amide bonds. The zero-order chi connectivity index (χ0) is 20.5. The van der Waals surface area contributed by atoms with Crippen molar-refractivity contribution in [2.24, 2.45) is 0 Å². The highest BCUT2D eigenvalue weighted by Crippen LogP contribution is 2.52. The summed E-state index contributed by atoms with van der Waals surface area (Å²) in [4.78, 5) is 14.6. The third kappa shape index (κ3) is 3.31. The van der Waals surface area contributed by atoms with Crippen LogP contribution in [0.4, 0.5) is 5.69 Å². The molecule has 1 saturated heterocycles. The van der Waals surface area contributed by atoms with Gasteiger partial charge in [-0.1, -0.05) is 70.0 Å². The number of fused-ring (bicyclic) bond motifs is 3. The monoisotopic (exact) mass is 390 g/mol. The Bertz CT molecular complexity index is 934. The Morgan fingerprint density at radius 2 is 1.97 bits per heavy atom. The fourth-order valence-electron chi connectivity index (χ4n) is 4.61. The van der Waals surface area contributed by atoms with Crippen molar-refractivity contribution < 1.29 is 9.53 Å². The van der Waals surface area contributed by atoms with Gasteiger partial charge in [-0.2, -0.15) is 0 Å². The second kappa shape index (κ2) is 7.58. The Morgan fingerprint density at radius 1 is 1.14 bits per heavy atom. The van der Waals surface area contributed by atoms with E-state index in [1.165, 1.54) is 18.4 Å². The SMILES string of the molecule is CCCCCOc1cccc(C=C[C@@]23NC(=O)CN2c2ccccc2C3(C)C)c1. The molecule has 4 rings (SSSR count). The van der Waals surface area contributed by atoms with Crippen LogP contribution in [0.25, 0.3) is 6.08 Å². The smallest absolute Gasteiger partial charge is 0.241 e. The number of ether oxygens (including phenoxy) is 1. The molecule has 152 valence electrons. The molecule has 1 N–H and O–H groups in total. The molecule has 0 aliphatic carbocycles. The van der Waals surface area contributed by atoms with Crippen LogP contribution in [-0.4, -0.2) is 24.7 Å². The number of carbonyl (C=O) groups excluding carboxylic acids is 1. The van der Waals surface area contributed by atoms with Crippen LogP contribution in [0.5, 0.6) is 5.75 Å². The molecule has 0 aromatic heterocycles. The average Bonchev–Trinajstić information content (AvgIpc) is 3.15. The van der Waals surface area contributed by atoms with E-state index in [9.17, 15) is 4.79 Å². The normalized spacial score (nSPS) is 21.9. The minimum absolute atomic E-state index is 0.0604.